The summed E-state index contributed by atoms with van der Waals surface area (Å²) in [7, 11) is 0. The molecule has 3 aromatic rings. The van der Waals surface area contributed by atoms with Crippen molar-refractivity contribution in [1.82, 2.24) is 9.97 Å². The number of hydrogen-bond acceptors (Lipinski definition) is 7. The third-order valence-corrected chi connectivity index (χ3v) is 5.60. The summed E-state index contributed by atoms with van der Waals surface area (Å²) in [6.45, 7) is 3.56. The van der Waals surface area contributed by atoms with Gasteiger partial charge in [-0.15, -0.1) is 0 Å². The Balaban J connectivity index is 1.68. The Morgan fingerprint density at radius 3 is 2.72 bits per heavy atom. The van der Waals surface area contributed by atoms with Gasteiger partial charge in [0.05, 0.1) is 23.4 Å². The highest BCUT2D eigenvalue weighted by Crippen LogP contribution is 2.35. The monoisotopic (exact) mass is 430 g/mol. The van der Waals surface area contributed by atoms with E-state index in [0.29, 0.717) is 34.2 Å². The largest absolute Gasteiger partial charge is 0.456 e. The van der Waals surface area contributed by atoms with E-state index in [1.165, 1.54) is 0 Å². The Labute approximate surface area is 187 Å². The number of nitrogens with two attached hydrogens (primary N) is 1. The zero-order valence-electron chi connectivity index (χ0n) is 18.0. The molecule has 0 amide bonds. The molecule has 1 atom stereocenters. The van der Waals surface area contributed by atoms with E-state index in [1.54, 1.807) is 24.4 Å². The summed E-state index contributed by atoms with van der Waals surface area (Å²) in [6, 6.07) is 14.9. The van der Waals surface area contributed by atoms with E-state index >= 15 is 0 Å². The van der Waals surface area contributed by atoms with Gasteiger partial charge in [0.1, 0.15) is 11.5 Å². The average Bonchev–Trinajstić information content (AvgIpc) is 2.84. The fraction of sp³-hybridized carbons (Fsp3) is 0.320. The van der Waals surface area contributed by atoms with Gasteiger partial charge in [-0.3, -0.25) is 9.97 Å². The van der Waals surface area contributed by atoms with E-state index in [-0.39, 0.29) is 6.54 Å². The predicted octanol–water partition coefficient (Wildman–Crippen LogP) is 4.00. The molecule has 3 heterocycles. The van der Waals surface area contributed by atoms with Crippen LogP contribution in [-0.4, -0.2) is 34.8 Å². The molecule has 1 aromatic carbocycles. The molecule has 0 spiro atoms. The lowest BCUT2D eigenvalue weighted by Gasteiger charge is -2.22. The van der Waals surface area contributed by atoms with E-state index in [1.807, 2.05) is 31.2 Å². The number of aliphatic hydroxyl groups is 1. The van der Waals surface area contributed by atoms with Gasteiger partial charge >= 0.3 is 0 Å². The quantitative estimate of drug-likeness (QED) is 0.607. The zero-order chi connectivity index (χ0) is 22.5. The van der Waals surface area contributed by atoms with E-state index < -0.39 is 6.10 Å². The Morgan fingerprint density at radius 2 is 2.03 bits per heavy atom. The third-order valence-electron chi connectivity index (χ3n) is 5.60. The second kappa shape index (κ2) is 9.88. The van der Waals surface area contributed by atoms with Crippen molar-refractivity contribution in [2.45, 2.75) is 31.8 Å². The molecule has 1 fully saturated rings. The molecule has 32 heavy (non-hydrogen) atoms. The van der Waals surface area contributed by atoms with Crippen molar-refractivity contribution in [2.75, 3.05) is 19.8 Å². The maximum absolute atomic E-state index is 9.93. The lowest BCUT2D eigenvalue weighted by Crippen LogP contribution is -2.15. The van der Waals surface area contributed by atoms with Crippen molar-refractivity contribution < 1.29 is 14.6 Å². The summed E-state index contributed by atoms with van der Waals surface area (Å²) in [5.41, 5.74) is 9.98. The summed E-state index contributed by atoms with van der Waals surface area (Å²) in [4.78, 5) is 9.19. The van der Waals surface area contributed by atoms with E-state index in [4.69, 9.17) is 20.2 Å². The van der Waals surface area contributed by atoms with Crippen molar-refractivity contribution in [2.24, 2.45) is 5.73 Å². The van der Waals surface area contributed by atoms with Crippen LogP contribution in [0.25, 0.3) is 11.3 Å². The molecule has 0 aliphatic carbocycles. The minimum absolute atomic E-state index is 0.128. The molecule has 1 saturated heterocycles. The molecule has 0 unspecified atom stereocenters. The zero-order valence-corrected chi connectivity index (χ0v) is 18.0. The van der Waals surface area contributed by atoms with Crippen LogP contribution in [0, 0.1) is 18.3 Å². The molecule has 0 bridgehead atoms. The Morgan fingerprint density at radius 1 is 1.22 bits per heavy atom. The van der Waals surface area contributed by atoms with Crippen molar-refractivity contribution in [3.05, 3.63) is 71.2 Å². The second-order valence-electron chi connectivity index (χ2n) is 7.91. The number of aliphatic hydroxyl groups excluding tert-OH is 1. The summed E-state index contributed by atoms with van der Waals surface area (Å²) >= 11 is 0. The van der Waals surface area contributed by atoms with Gasteiger partial charge in [-0.05, 0) is 44.0 Å². The first kappa shape index (κ1) is 21.9. The molecular formula is C25H26N4O3. The van der Waals surface area contributed by atoms with Crippen molar-refractivity contribution in [1.29, 1.82) is 5.26 Å². The van der Waals surface area contributed by atoms with Crippen LogP contribution >= 0.6 is 0 Å². The number of hydrogen-bond donors (Lipinski definition) is 2. The molecule has 164 valence electrons. The number of aryl methyl sites for hydroxylation is 1. The number of benzene rings is 1. The van der Waals surface area contributed by atoms with Gasteiger partial charge in [0.25, 0.3) is 0 Å². The highest BCUT2D eigenvalue weighted by molar-refractivity contribution is 5.69. The highest BCUT2D eigenvalue weighted by Gasteiger charge is 2.19. The van der Waals surface area contributed by atoms with Crippen LogP contribution in [0.5, 0.6) is 11.5 Å². The smallest absolute Gasteiger partial charge is 0.138 e. The fourth-order valence-corrected chi connectivity index (χ4v) is 3.84. The summed E-state index contributed by atoms with van der Waals surface area (Å²) < 4.78 is 11.8. The van der Waals surface area contributed by atoms with E-state index in [9.17, 15) is 10.4 Å². The Kier molecular flexibility index (Phi) is 6.76. The molecule has 4 rings (SSSR count). The number of pyridine rings is 2. The lowest BCUT2D eigenvalue weighted by atomic mass is 9.95. The molecule has 7 heteroatoms. The SMILES string of the molecule is Cc1cc(Oc2cc(C#N)ccc2-c2ccc([C@H](O)CN)cn2)cc(C2CCOCC2)n1. The minimum Gasteiger partial charge on any atom is -0.456 e. The van der Waals surface area contributed by atoms with Crippen molar-refractivity contribution in [3.8, 4) is 28.8 Å². The van der Waals surface area contributed by atoms with Crippen LogP contribution in [0.2, 0.25) is 0 Å². The van der Waals surface area contributed by atoms with E-state index in [0.717, 1.165) is 43.0 Å². The summed E-state index contributed by atoms with van der Waals surface area (Å²) in [6.07, 6.45) is 2.73. The first-order valence-electron chi connectivity index (χ1n) is 10.7. The fourth-order valence-electron chi connectivity index (χ4n) is 3.84. The number of nitrogens with zero attached hydrogens (tertiary/aromatic N) is 3. The van der Waals surface area contributed by atoms with Crippen LogP contribution in [0.15, 0.2) is 48.7 Å². The molecule has 0 saturated carbocycles. The Hall–Kier alpha value is -3.31. The maximum Gasteiger partial charge on any atom is 0.138 e. The van der Waals surface area contributed by atoms with Gasteiger partial charge in [0.2, 0.25) is 0 Å². The van der Waals surface area contributed by atoms with Crippen LogP contribution in [0.1, 0.15) is 47.4 Å². The third kappa shape index (κ3) is 4.94. The van der Waals surface area contributed by atoms with Crippen LogP contribution in [0.3, 0.4) is 0 Å². The molecule has 1 aliphatic rings. The van der Waals surface area contributed by atoms with Gasteiger partial charge in [-0.2, -0.15) is 5.26 Å². The number of rotatable bonds is 6. The molecule has 0 radical (unpaired) electrons. The van der Waals surface area contributed by atoms with Crippen molar-refractivity contribution in [3.63, 3.8) is 0 Å². The maximum atomic E-state index is 9.93. The Bertz CT molecular complexity index is 1120. The van der Waals surface area contributed by atoms with Gasteiger partial charge in [-0.25, -0.2) is 0 Å². The van der Waals surface area contributed by atoms with Crippen LogP contribution in [-0.2, 0) is 4.74 Å². The molecule has 1 aliphatic heterocycles. The summed E-state index contributed by atoms with van der Waals surface area (Å²) in [5, 5.41) is 19.3. The minimum atomic E-state index is -0.753. The van der Waals surface area contributed by atoms with Crippen molar-refractivity contribution >= 4 is 0 Å². The highest BCUT2D eigenvalue weighted by atomic mass is 16.5. The van der Waals surface area contributed by atoms with Gasteiger partial charge in [-0.1, -0.05) is 6.07 Å². The topological polar surface area (TPSA) is 114 Å². The first-order chi connectivity index (χ1) is 15.6. The first-order valence-corrected chi connectivity index (χ1v) is 10.7. The predicted molar refractivity (Wildman–Crippen MR) is 120 cm³/mol. The van der Waals surface area contributed by atoms with Crippen LogP contribution < -0.4 is 10.5 Å². The number of aromatic nitrogens is 2. The van der Waals surface area contributed by atoms with Gasteiger partial charge in [0, 0.05) is 66.5 Å². The molecule has 3 N–H and O–H groups in total. The molecular weight excluding hydrogens is 404 g/mol. The van der Waals surface area contributed by atoms with E-state index in [2.05, 4.69) is 11.1 Å². The molecule has 7 nitrogen and oxygen atoms in total. The molecule has 2 aromatic heterocycles. The van der Waals surface area contributed by atoms with Gasteiger partial charge in [0.15, 0.2) is 0 Å². The second-order valence-corrected chi connectivity index (χ2v) is 7.91. The standard InChI is InChI=1S/C25H26N4O3/c1-16-10-20(12-23(29-16)18-6-8-31-9-7-18)32-25-11-17(13-26)2-4-21(25)22-5-3-19(15-28-22)24(30)14-27/h2-5,10-12,15,18,24,30H,6-9,14,27H2,1H3/t24-/m1/s1. The van der Waals surface area contributed by atoms with Crippen LogP contribution in [0.4, 0.5) is 0 Å². The number of ether oxygens (including phenoxy) is 2. The lowest BCUT2D eigenvalue weighted by molar-refractivity contribution is 0.0844. The summed E-state index contributed by atoms with van der Waals surface area (Å²) in [5.74, 6) is 1.55. The number of nitriles is 1. The normalized spacial score (nSPS) is 15.2. The average molecular weight is 431 g/mol. The van der Waals surface area contributed by atoms with Gasteiger partial charge < -0.3 is 20.3 Å².